The van der Waals surface area contributed by atoms with Crippen molar-refractivity contribution in [1.82, 2.24) is 19.4 Å². The van der Waals surface area contributed by atoms with Crippen molar-refractivity contribution < 1.29 is 9.53 Å². The molecule has 226 valence electrons. The van der Waals surface area contributed by atoms with Crippen LogP contribution in [0.4, 0.5) is 23.1 Å². The van der Waals surface area contributed by atoms with Crippen LogP contribution in [0.3, 0.4) is 0 Å². The fourth-order valence-corrected chi connectivity index (χ4v) is 6.03. The van der Waals surface area contributed by atoms with Crippen LogP contribution in [0.1, 0.15) is 37.3 Å². The Hall–Kier alpha value is -4.37. The van der Waals surface area contributed by atoms with Crippen LogP contribution in [0, 0.1) is 5.92 Å². The monoisotopic (exact) mass is 581 g/mol. The van der Waals surface area contributed by atoms with Gasteiger partial charge in [0.25, 0.3) is 0 Å². The first kappa shape index (κ1) is 30.1. The van der Waals surface area contributed by atoms with Crippen LogP contribution < -0.4 is 20.7 Å². The Labute approximate surface area is 254 Å². The van der Waals surface area contributed by atoms with E-state index in [1.54, 1.807) is 13.3 Å². The lowest BCUT2D eigenvalue weighted by Gasteiger charge is -2.29. The third-order valence-electron chi connectivity index (χ3n) is 8.72. The molecule has 0 bridgehead atoms. The summed E-state index contributed by atoms with van der Waals surface area (Å²) in [7, 11) is 7.84. The molecule has 43 heavy (non-hydrogen) atoms. The molecule has 5 rings (SSSR count). The van der Waals surface area contributed by atoms with E-state index in [4.69, 9.17) is 15.5 Å². The number of aryl methyl sites for hydroxylation is 2. The Morgan fingerprint density at radius 2 is 2.00 bits per heavy atom. The van der Waals surface area contributed by atoms with Gasteiger partial charge in [-0.25, -0.2) is 9.97 Å². The highest BCUT2D eigenvalue weighted by Gasteiger charge is 2.26. The first-order valence-electron chi connectivity index (χ1n) is 14.9. The summed E-state index contributed by atoms with van der Waals surface area (Å²) >= 11 is 0. The van der Waals surface area contributed by atoms with Crippen LogP contribution in [0.5, 0.6) is 5.75 Å². The van der Waals surface area contributed by atoms with Gasteiger partial charge in [-0.2, -0.15) is 0 Å². The van der Waals surface area contributed by atoms with Crippen molar-refractivity contribution in [2.45, 2.75) is 39.2 Å². The number of benzene rings is 2. The summed E-state index contributed by atoms with van der Waals surface area (Å²) in [6.45, 7) is 10.3. The summed E-state index contributed by atoms with van der Waals surface area (Å²) < 4.78 is 8.08. The van der Waals surface area contributed by atoms with E-state index in [0.29, 0.717) is 11.7 Å². The van der Waals surface area contributed by atoms with Gasteiger partial charge in [0.15, 0.2) is 5.78 Å². The molecule has 0 saturated carbocycles. The summed E-state index contributed by atoms with van der Waals surface area (Å²) in [5.74, 6) is 1.52. The minimum absolute atomic E-state index is 0.0135. The quantitative estimate of drug-likeness (QED) is 0.200. The van der Waals surface area contributed by atoms with Gasteiger partial charge in [0.05, 0.1) is 29.6 Å². The van der Waals surface area contributed by atoms with Crippen molar-refractivity contribution in [1.29, 1.82) is 0 Å². The molecule has 0 fully saturated rings. The second-order valence-corrected chi connectivity index (χ2v) is 11.7. The Balaban J connectivity index is 1.56. The van der Waals surface area contributed by atoms with Gasteiger partial charge in [0, 0.05) is 55.9 Å². The van der Waals surface area contributed by atoms with Crippen LogP contribution in [-0.2, 0) is 17.8 Å². The van der Waals surface area contributed by atoms with Crippen LogP contribution in [0.25, 0.3) is 22.2 Å². The first-order valence-corrected chi connectivity index (χ1v) is 14.9. The molecule has 0 radical (unpaired) electrons. The Morgan fingerprint density at radius 3 is 2.72 bits per heavy atom. The molecule has 3 heterocycles. The van der Waals surface area contributed by atoms with E-state index in [1.807, 2.05) is 19.1 Å². The van der Waals surface area contributed by atoms with Gasteiger partial charge in [-0.1, -0.05) is 38.6 Å². The molecule has 1 aliphatic rings. The topological polar surface area (TPSA) is 102 Å². The molecule has 0 aliphatic carbocycles. The number of ether oxygens (including phenoxy) is 1. The number of anilines is 4. The molecule has 0 spiro atoms. The van der Waals surface area contributed by atoms with Crippen molar-refractivity contribution in [2.75, 3.05) is 57.3 Å². The third kappa shape index (κ3) is 5.82. The number of methoxy groups -OCH3 is 1. The minimum Gasteiger partial charge on any atom is -0.494 e. The molecule has 3 N–H and O–H groups in total. The summed E-state index contributed by atoms with van der Waals surface area (Å²) in [6, 6.07) is 12.4. The smallest absolute Gasteiger partial charge is 0.227 e. The molecule has 2 unspecified atom stereocenters. The van der Waals surface area contributed by atoms with Gasteiger partial charge >= 0.3 is 0 Å². The van der Waals surface area contributed by atoms with Crippen molar-refractivity contribution in [3.8, 4) is 17.0 Å². The molecular formula is C34H43N7O2. The number of para-hydroxylation sites is 1. The summed E-state index contributed by atoms with van der Waals surface area (Å²) in [5, 5.41) is 4.52. The number of nitrogen functional groups attached to an aromatic ring is 1. The fourth-order valence-electron chi connectivity index (χ4n) is 6.03. The number of carbonyl (C=O) groups is 1. The zero-order chi connectivity index (χ0) is 30.8. The largest absolute Gasteiger partial charge is 0.494 e. The zero-order valence-corrected chi connectivity index (χ0v) is 26.1. The lowest BCUT2D eigenvalue weighted by Crippen LogP contribution is -2.30. The number of hydrogen-bond acceptors (Lipinski definition) is 8. The number of nitrogens with one attached hydrogen (secondary N) is 1. The predicted molar refractivity (Wildman–Crippen MR) is 177 cm³/mol. The van der Waals surface area contributed by atoms with Crippen molar-refractivity contribution in [3.05, 3.63) is 66.4 Å². The van der Waals surface area contributed by atoms with Gasteiger partial charge < -0.3 is 30.2 Å². The maximum absolute atomic E-state index is 12.7. The Morgan fingerprint density at radius 1 is 1.21 bits per heavy atom. The van der Waals surface area contributed by atoms with E-state index in [0.717, 1.165) is 71.9 Å². The van der Waals surface area contributed by atoms with E-state index < -0.39 is 0 Å². The highest BCUT2D eigenvalue weighted by atomic mass is 16.5. The summed E-state index contributed by atoms with van der Waals surface area (Å²) in [4.78, 5) is 26.5. The minimum atomic E-state index is -0.243. The third-order valence-corrected chi connectivity index (χ3v) is 8.72. The number of aromatic nitrogens is 3. The second kappa shape index (κ2) is 12.5. The van der Waals surface area contributed by atoms with Gasteiger partial charge in [0.2, 0.25) is 5.95 Å². The molecule has 2 atom stereocenters. The summed E-state index contributed by atoms with van der Waals surface area (Å²) in [5.41, 5.74) is 13.7. The van der Waals surface area contributed by atoms with Crippen LogP contribution >= 0.6 is 0 Å². The Bertz CT molecular complexity index is 1660. The van der Waals surface area contributed by atoms with Gasteiger partial charge in [0.1, 0.15) is 11.6 Å². The number of allylic oxidation sites excluding steroid dienone is 1. The van der Waals surface area contributed by atoms with Gasteiger partial charge in [-0.15, -0.1) is 0 Å². The van der Waals surface area contributed by atoms with Crippen molar-refractivity contribution >= 4 is 39.8 Å². The van der Waals surface area contributed by atoms with E-state index >= 15 is 0 Å². The highest BCUT2D eigenvalue weighted by molar-refractivity contribution is 6.03. The maximum atomic E-state index is 12.7. The number of ketones is 1. The molecule has 0 saturated heterocycles. The number of hydrogen-bond donors (Lipinski definition) is 2. The molecule has 0 amide bonds. The van der Waals surface area contributed by atoms with E-state index in [-0.39, 0.29) is 17.6 Å². The van der Waals surface area contributed by atoms with Crippen molar-refractivity contribution in [2.24, 2.45) is 5.92 Å². The molecule has 9 nitrogen and oxygen atoms in total. The lowest BCUT2D eigenvalue weighted by molar-refractivity contribution is -0.118. The van der Waals surface area contributed by atoms with Crippen LogP contribution in [0.2, 0.25) is 0 Å². The standard InChI is InChI=1S/C34H43N7O2/c1-8-29(42)22(3)21(2)25-19-27(30(43-7)20-28(25)40(6)18-17-39(4)5)38-34-36-15-14-26(37-34)31-24-13-9-11-23-12-10-16-41(32(23)24)33(31)35/h8-9,11,13-15,19-22H,1,10,12,16-18,35H2,2-7H3,(H,36,37,38). The lowest BCUT2D eigenvalue weighted by atomic mass is 9.84. The first-order chi connectivity index (χ1) is 20.6. The van der Waals surface area contributed by atoms with E-state index in [1.165, 1.54) is 17.2 Å². The highest BCUT2D eigenvalue weighted by Crippen LogP contribution is 2.42. The summed E-state index contributed by atoms with van der Waals surface area (Å²) in [6.07, 6.45) is 5.28. The predicted octanol–water partition coefficient (Wildman–Crippen LogP) is 5.87. The molecule has 2 aromatic carbocycles. The number of nitrogens with two attached hydrogens (primary N) is 1. The van der Waals surface area contributed by atoms with Crippen molar-refractivity contribution in [3.63, 3.8) is 0 Å². The number of carbonyl (C=O) groups excluding carboxylic acids is 1. The Kier molecular flexibility index (Phi) is 8.73. The molecule has 4 aromatic rings. The van der Waals surface area contributed by atoms with E-state index in [9.17, 15) is 4.79 Å². The maximum Gasteiger partial charge on any atom is 0.227 e. The molecular weight excluding hydrogens is 538 g/mol. The normalized spacial score (nSPS) is 14.0. The van der Waals surface area contributed by atoms with Crippen LogP contribution in [-0.4, -0.2) is 66.6 Å². The molecule has 2 aromatic heterocycles. The zero-order valence-electron chi connectivity index (χ0n) is 26.1. The molecule has 1 aliphatic heterocycles. The second-order valence-electron chi connectivity index (χ2n) is 11.7. The number of rotatable bonds is 12. The fraction of sp³-hybridized carbons (Fsp3) is 0.382. The number of nitrogens with zero attached hydrogens (tertiary/aromatic N) is 5. The average Bonchev–Trinajstić information content (AvgIpc) is 3.31. The van der Waals surface area contributed by atoms with Gasteiger partial charge in [-0.3, -0.25) is 4.79 Å². The van der Waals surface area contributed by atoms with E-state index in [2.05, 4.69) is 83.6 Å². The average molecular weight is 582 g/mol. The SMILES string of the molecule is C=CC(=O)C(C)C(C)c1cc(Nc2nccc(-c3c(N)n4c5c(cccc35)CCC4)n2)c(OC)cc1N(C)CCN(C)C. The number of likely N-dealkylation sites (N-methyl/N-ethyl adjacent to an activating group) is 2. The molecule has 9 heteroatoms. The van der Waals surface area contributed by atoms with Crippen LogP contribution in [0.15, 0.2) is 55.3 Å². The van der Waals surface area contributed by atoms with Gasteiger partial charge in [-0.05, 0) is 62.2 Å².